The average molecular weight is 301 g/mol. The first-order valence-electron chi connectivity index (χ1n) is 7.94. The highest BCUT2D eigenvalue weighted by atomic mass is 32.2. The summed E-state index contributed by atoms with van der Waals surface area (Å²) in [5, 5.41) is 4.18. The summed E-state index contributed by atoms with van der Waals surface area (Å²) in [4.78, 5) is 14.7. The lowest BCUT2D eigenvalue weighted by Crippen LogP contribution is -2.39. The van der Waals surface area contributed by atoms with Crippen LogP contribution in [0, 0.1) is 11.8 Å². The van der Waals surface area contributed by atoms with E-state index in [4.69, 9.17) is 0 Å². The molecule has 20 heavy (non-hydrogen) atoms. The van der Waals surface area contributed by atoms with Crippen LogP contribution in [0.3, 0.4) is 0 Å². The van der Waals surface area contributed by atoms with Crippen molar-refractivity contribution in [3.8, 4) is 0 Å². The minimum atomic E-state index is 0.0309. The predicted octanol–water partition coefficient (Wildman–Crippen LogP) is 3.35. The van der Waals surface area contributed by atoms with Crippen LogP contribution in [0.4, 0.5) is 0 Å². The summed E-state index contributed by atoms with van der Waals surface area (Å²) in [5.74, 6) is 1.48. The van der Waals surface area contributed by atoms with Gasteiger partial charge in [-0.2, -0.15) is 11.8 Å². The standard InChI is InChI=1S/C16H32N2OS/c1-11(2)9-14-16(19)18(8-7-13(5)20-6)15(17-14)10-12(3)4/h11-15,17H,7-10H2,1-6H3. The van der Waals surface area contributed by atoms with Crippen molar-refractivity contribution in [3.05, 3.63) is 0 Å². The molecule has 1 aliphatic heterocycles. The van der Waals surface area contributed by atoms with Gasteiger partial charge in [0.1, 0.15) is 0 Å². The molecular weight excluding hydrogens is 268 g/mol. The molecule has 0 saturated carbocycles. The van der Waals surface area contributed by atoms with Crippen molar-refractivity contribution in [2.45, 2.75) is 71.3 Å². The zero-order chi connectivity index (χ0) is 15.3. The van der Waals surface area contributed by atoms with Crippen LogP contribution >= 0.6 is 11.8 Å². The lowest BCUT2D eigenvalue weighted by molar-refractivity contribution is -0.130. The summed E-state index contributed by atoms with van der Waals surface area (Å²) in [7, 11) is 0. The van der Waals surface area contributed by atoms with E-state index in [1.54, 1.807) is 0 Å². The molecule has 1 fully saturated rings. The number of hydrogen-bond donors (Lipinski definition) is 1. The zero-order valence-corrected chi connectivity index (χ0v) is 14.8. The van der Waals surface area contributed by atoms with Crippen molar-refractivity contribution in [3.63, 3.8) is 0 Å². The number of carbonyl (C=O) groups is 1. The minimum absolute atomic E-state index is 0.0309. The summed E-state index contributed by atoms with van der Waals surface area (Å²) in [5.41, 5.74) is 0. The molecule has 1 heterocycles. The smallest absolute Gasteiger partial charge is 0.241 e. The first kappa shape index (κ1) is 17.8. The SMILES string of the molecule is CSC(C)CCN1C(=O)C(CC(C)C)NC1CC(C)C. The highest BCUT2D eigenvalue weighted by molar-refractivity contribution is 7.99. The van der Waals surface area contributed by atoms with Crippen LogP contribution in [0.25, 0.3) is 0 Å². The van der Waals surface area contributed by atoms with Crippen LogP contribution in [-0.4, -0.2) is 41.1 Å². The molecule has 0 spiro atoms. The topological polar surface area (TPSA) is 32.3 Å². The van der Waals surface area contributed by atoms with Crippen molar-refractivity contribution in [1.29, 1.82) is 0 Å². The van der Waals surface area contributed by atoms with Gasteiger partial charge in [0.25, 0.3) is 0 Å². The summed E-state index contributed by atoms with van der Waals surface area (Å²) >= 11 is 1.88. The number of thioether (sulfide) groups is 1. The van der Waals surface area contributed by atoms with Gasteiger partial charge in [0, 0.05) is 11.8 Å². The largest absolute Gasteiger partial charge is 0.326 e. The molecule has 1 N–H and O–H groups in total. The van der Waals surface area contributed by atoms with Crippen LogP contribution in [0.5, 0.6) is 0 Å². The fourth-order valence-electron chi connectivity index (χ4n) is 2.73. The van der Waals surface area contributed by atoms with Gasteiger partial charge in [-0.25, -0.2) is 0 Å². The first-order chi connectivity index (χ1) is 9.35. The fraction of sp³-hybridized carbons (Fsp3) is 0.938. The van der Waals surface area contributed by atoms with Gasteiger partial charge in [-0.15, -0.1) is 0 Å². The van der Waals surface area contributed by atoms with Gasteiger partial charge in [-0.05, 0) is 37.4 Å². The predicted molar refractivity (Wildman–Crippen MR) is 88.9 cm³/mol. The van der Waals surface area contributed by atoms with E-state index in [2.05, 4.69) is 51.1 Å². The molecule has 118 valence electrons. The molecule has 0 aromatic carbocycles. The van der Waals surface area contributed by atoms with E-state index in [9.17, 15) is 4.79 Å². The highest BCUT2D eigenvalue weighted by Gasteiger charge is 2.38. The minimum Gasteiger partial charge on any atom is -0.326 e. The van der Waals surface area contributed by atoms with Gasteiger partial charge in [0.15, 0.2) is 0 Å². The maximum Gasteiger partial charge on any atom is 0.241 e. The molecule has 3 unspecified atom stereocenters. The van der Waals surface area contributed by atoms with E-state index >= 15 is 0 Å². The summed E-state index contributed by atoms with van der Waals surface area (Å²) < 4.78 is 0. The quantitative estimate of drug-likeness (QED) is 0.746. The monoisotopic (exact) mass is 300 g/mol. The average Bonchev–Trinajstić information content (AvgIpc) is 2.61. The van der Waals surface area contributed by atoms with Crippen LogP contribution in [0.15, 0.2) is 0 Å². The van der Waals surface area contributed by atoms with Crippen LogP contribution < -0.4 is 5.32 Å². The van der Waals surface area contributed by atoms with E-state index in [0.29, 0.717) is 23.0 Å². The Morgan fingerprint density at radius 2 is 1.75 bits per heavy atom. The Balaban J connectivity index is 2.66. The van der Waals surface area contributed by atoms with Crippen molar-refractivity contribution in [2.24, 2.45) is 11.8 Å². The van der Waals surface area contributed by atoms with Crippen molar-refractivity contribution < 1.29 is 4.79 Å². The maximum atomic E-state index is 12.6. The van der Waals surface area contributed by atoms with Gasteiger partial charge >= 0.3 is 0 Å². The molecule has 4 heteroatoms. The fourth-order valence-corrected chi connectivity index (χ4v) is 3.08. The molecule has 1 aliphatic rings. The molecule has 0 bridgehead atoms. The Bertz CT molecular complexity index is 307. The van der Waals surface area contributed by atoms with E-state index < -0.39 is 0 Å². The molecule has 0 aliphatic carbocycles. The lowest BCUT2D eigenvalue weighted by Gasteiger charge is -2.26. The van der Waals surface area contributed by atoms with Crippen LogP contribution in [0.1, 0.15) is 53.9 Å². The number of hydrogen-bond acceptors (Lipinski definition) is 3. The molecule has 0 aromatic rings. The van der Waals surface area contributed by atoms with E-state index in [0.717, 1.165) is 25.8 Å². The Morgan fingerprint density at radius 3 is 2.25 bits per heavy atom. The molecular formula is C16H32N2OS. The molecule has 1 saturated heterocycles. The Morgan fingerprint density at radius 1 is 1.15 bits per heavy atom. The van der Waals surface area contributed by atoms with Crippen LogP contribution in [-0.2, 0) is 4.79 Å². The van der Waals surface area contributed by atoms with Gasteiger partial charge in [0.05, 0.1) is 12.2 Å². The third-order valence-corrected chi connectivity index (χ3v) is 4.97. The lowest BCUT2D eigenvalue weighted by atomic mass is 10.0. The Labute approximate surface area is 129 Å². The van der Waals surface area contributed by atoms with Crippen molar-refractivity contribution in [2.75, 3.05) is 12.8 Å². The van der Waals surface area contributed by atoms with E-state index in [-0.39, 0.29) is 12.2 Å². The Hall–Kier alpha value is -0.220. The second-order valence-electron chi connectivity index (χ2n) is 6.86. The van der Waals surface area contributed by atoms with Gasteiger partial charge in [0.2, 0.25) is 5.91 Å². The number of nitrogens with zero attached hydrogens (tertiary/aromatic N) is 1. The van der Waals surface area contributed by atoms with Gasteiger partial charge in [-0.1, -0.05) is 34.6 Å². The third kappa shape index (κ3) is 5.28. The summed E-state index contributed by atoms with van der Waals surface area (Å²) in [6.07, 6.45) is 5.45. The second-order valence-corrected chi connectivity index (χ2v) is 8.14. The molecule has 3 atom stereocenters. The molecule has 1 rings (SSSR count). The summed E-state index contributed by atoms with van der Waals surface area (Å²) in [6, 6.07) is 0.0309. The molecule has 0 radical (unpaired) electrons. The number of amides is 1. The third-order valence-electron chi connectivity index (χ3n) is 3.93. The van der Waals surface area contributed by atoms with Crippen molar-refractivity contribution >= 4 is 17.7 Å². The second kappa shape index (κ2) is 8.28. The first-order valence-corrected chi connectivity index (χ1v) is 9.23. The van der Waals surface area contributed by atoms with Gasteiger partial charge in [-0.3, -0.25) is 10.1 Å². The Kier molecular flexibility index (Phi) is 7.38. The number of rotatable bonds is 8. The molecule has 3 nitrogen and oxygen atoms in total. The maximum absolute atomic E-state index is 12.6. The molecule has 1 amide bonds. The normalized spacial score (nSPS) is 25.0. The number of carbonyl (C=O) groups excluding carboxylic acids is 1. The zero-order valence-electron chi connectivity index (χ0n) is 14.0. The van der Waals surface area contributed by atoms with Crippen LogP contribution in [0.2, 0.25) is 0 Å². The number of nitrogens with one attached hydrogen (secondary N) is 1. The molecule has 0 aromatic heterocycles. The van der Waals surface area contributed by atoms with E-state index in [1.165, 1.54) is 0 Å². The van der Waals surface area contributed by atoms with Gasteiger partial charge < -0.3 is 4.90 Å². The van der Waals surface area contributed by atoms with Crippen molar-refractivity contribution in [1.82, 2.24) is 10.2 Å². The summed E-state index contributed by atoms with van der Waals surface area (Å²) in [6.45, 7) is 12.0. The van der Waals surface area contributed by atoms with E-state index in [1.807, 2.05) is 11.8 Å². The highest BCUT2D eigenvalue weighted by Crippen LogP contribution is 2.23.